The van der Waals surface area contributed by atoms with Gasteiger partial charge >= 0.3 is 0 Å². The Kier molecular flexibility index (Phi) is 17.4. The summed E-state index contributed by atoms with van der Waals surface area (Å²) in [6.07, 6.45) is 0. The first kappa shape index (κ1) is 20.7. The van der Waals surface area contributed by atoms with Crippen LogP contribution in [-0.2, 0) is 5.88 Å². The largest absolute Gasteiger partial charge is 0.160 e. The van der Waals surface area contributed by atoms with E-state index in [4.69, 9.17) is 34.8 Å². The lowest BCUT2D eigenvalue weighted by molar-refractivity contribution is 1.41. The zero-order chi connectivity index (χ0) is 15.6. The maximum Gasteiger partial charge on any atom is 0.0474 e. The Morgan fingerprint density at radius 2 is 1.00 bits per heavy atom. The smallest absolute Gasteiger partial charge is 0.0474 e. The zero-order valence-corrected chi connectivity index (χ0v) is 15.0. The minimum atomic E-state index is 0.612. The van der Waals surface area contributed by atoms with Gasteiger partial charge in [0.1, 0.15) is 0 Å². The molecule has 0 N–H and O–H groups in total. The molecule has 0 aliphatic carbocycles. The minimum absolute atomic E-state index is 0.612. The van der Waals surface area contributed by atoms with Crippen LogP contribution in [0.2, 0.25) is 0 Å². The SMILES string of the molecule is ClCCSCCCl.ClCc1ccccc1.c1ccccc1. The van der Waals surface area contributed by atoms with Crippen molar-refractivity contribution in [2.75, 3.05) is 23.3 Å². The molecule has 0 saturated carbocycles. The van der Waals surface area contributed by atoms with Gasteiger partial charge in [0.25, 0.3) is 0 Å². The molecule has 0 heterocycles. The highest BCUT2D eigenvalue weighted by molar-refractivity contribution is 7.99. The van der Waals surface area contributed by atoms with E-state index in [0.29, 0.717) is 5.88 Å². The number of halogens is 3. The van der Waals surface area contributed by atoms with Crippen LogP contribution >= 0.6 is 46.6 Å². The van der Waals surface area contributed by atoms with Gasteiger partial charge in [0.15, 0.2) is 0 Å². The second kappa shape index (κ2) is 17.7. The van der Waals surface area contributed by atoms with Crippen molar-refractivity contribution in [1.29, 1.82) is 0 Å². The number of hydrogen-bond donors (Lipinski definition) is 0. The second-order valence-corrected chi connectivity index (χ2v) is 6.01. The van der Waals surface area contributed by atoms with Gasteiger partial charge in [-0.2, -0.15) is 11.8 Å². The Hall–Kier alpha value is -0.340. The molecule has 0 spiro atoms. The zero-order valence-electron chi connectivity index (χ0n) is 11.9. The van der Waals surface area contributed by atoms with Gasteiger partial charge in [-0.15, -0.1) is 34.8 Å². The molecule has 2 aromatic rings. The highest BCUT2D eigenvalue weighted by Crippen LogP contribution is 2.00. The number of alkyl halides is 3. The summed E-state index contributed by atoms with van der Waals surface area (Å²) < 4.78 is 0. The molecule has 4 heteroatoms. The third-order valence-corrected chi connectivity index (χ3v) is 4.23. The van der Waals surface area contributed by atoms with Gasteiger partial charge in [0.2, 0.25) is 0 Å². The summed E-state index contributed by atoms with van der Waals surface area (Å²) >= 11 is 18.1. The van der Waals surface area contributed by atoms with Crippen LogP contribution in [0.1, 0.15) is 5.56 Å². The van der Waals surface area contributed by atoms with Crippen molar-refractivity contribution in [2.45, 2.75) is 5.88 Å². The number of rotatable bonds is 5. The molecule has 0 radical (unpaired) electrons. The lowest BCUT2D eigenvalue weighted by atomic mass is 10.2. The monoisotopic (exact) mass is 362 g/mol. The molecule has 0 unspecified atom stereocenters. The number of benzene rings is 2. The predicted molar refractivity (Wildman–Crippen MR) is 101 cm³/mol. The van der Waals surface area contributed by atoms with E-state index in [0.717, 1.165) is 23.3 Å². The van der Waals surface area contributed by atoms with E-state index < -0.39 is 0 Å². The van der Waals surface area contributed by atoms with Crippen molar-refractivity contribution < 1.29 is 0 Å². The summed E-state index contributed by atoms with van der Waals surface area (Å²) in [5, 5.41) is 0. The van der Waals surface area contributed by atoms with Crippen LogP contribution < -0.4 is 0 Å². The molecule has 21 heavy (non-hydrogen) atoms. The van der Waals surface area contributed by atoms with Gasteiger partial charge in [-0.3, -0.25) is 0 Å². The summed E-state index contributed by atoms with van der Waals surface area (Å²) in [6.45, 7) is 0. The standard InChI is InChI=1S/C7H7Cl.C6H6.C4H8Cl2S/c8-6-7-4-2-1-3-5-7;1-2-4-6-5-3-1;5-1-3-7-4-2-6/h1-5H,6H2;1-6H;1-4H2. The summed E-state index contributed by atoms with van der Waals surface area (Å²) in [5.41, 5.74) is 1.18. The first-order chi connectivity index (χ1) is 10.3. The Labute approximate surface area is 147 Å². The van der Waals surface area contributed by atoms with E-state index in [1.807, 2.05) is 66.7 Å². The third kappa shape index (κ3) is 15.9. The summed E-state index contributed by atoms with van der Waals surface area (Å²) in [6, 6.07) is 22.0. The number of hydrogen-bond acceptors (Lipinski definition) is 1. The molecule has 116 valence electrons. The second-order valence-electron chi connectivity index (χ2n) is 3.76. The molecule has 0 saturated heterocycles. The molecule has 0 nitrogen and oxygen atoms in total. The summed E-state index contributed by atoms with van der Waals surface area (Å²) in [5.74, 6) is 4.13. The molecule has 0 bridgehead atoms. The Morgan fingerprint density at radius 3 is 1.29 bits per heavy atom. The topological polar surface area (TPSA) is 0 Å². The molecule has 2 aromatic carbocycles. The fourth-order valence-electron chi connectivity index (χ4n) is 1.16. The van der Waals surface area contributed by atoms with Crippen molar-refractivity contribution in [2.24, 2.45) is 0 Å². The van der Waals surface area contributed by atoms with Crippen molar-refractivity contribution in [3.05, 3.63) is 72.3 Å². The molecule has 2 rings (SSSR count). The van der Waals surface area contributed by atoms with Gasteiger partial charge in [-0.25, -0.2) is 0 Å². The first-order valence-electron chi connectivity index (χ1n) is 6.64. The molecule has 0 aliphatic heterocycles. The lowest BCUT2D eigenvalue weighted by Gasteiger charge is -1.89. The molecule has 0 aromatic heterocycles. The quantitative estimate of drug-likeness (QED) is 0.443. The maximum absolute atomic E-state index is 5.53. The van der Waals surface area contributed by atoms with Crippen molar-refractivity contribution in [3.63, 3.8) is 0 Å². The van der Waals surface area contributed by atoms with Crippen LogP contribution in [0.5, 0.6) is 0 Å². The summed E-state index contributed by atoms with van der Waals surface area (Å²) in [7, 11) is 0. The average Bonchev–Trinajstić information content (AvgIpc) is 2.59. The molecular weight excluding hydrogens is 343 g/mol. The normalized spacial score (nSPS) is 8.90. The number of thioether (sulfide) groups is 1. The van der Waals surface area contributed by atoms with E-state index in [1.165, 1.54) is 5.56 Å². The van der Waals surface area contributed by atoms with E-state index in [2.05, 4.69) is 0 Å². The first-order valence-corrected chi connectivity index (χ1v) is 9.40. The molecule has 0 atom stereocenters. The van der Waals surface area contributed by atoms with Gasteiger partial charge in [0, 0.05) is 29.1 Å². The van der Waals surface area contributed by atoms with Crippen molar-refractivity contribution in [1.82, 2.24) is 0 Å². The van der Waals surface area contributed by atoms with E-state index >= 15 is 0 Å². The average molecular weight is 364 g/mol. The molecule has 0 aliphatic rings. The van der Waals surface area contributed by atoms with Gasteiger partial charge in [0.05, 0.1) is 0 Å². The van der Waals surface area contributed by atoms with Crippen LogP contribution in [0, 0.1) is 0 Å². The van der Waals surface area contributed by atoms with Gasteiger partial charge in [-0.1, -0.05) is 66.7 Å². The van der Waals surface area contributed by atoms with Gasteiger partial charge in [-0.05, 0) is 5.56 Å². The highest BCUT2D eigenvalue weighted by atomic mass is 35.5. The van der Waals surface area contributed by atoms with Crippen molar-refractivity contribution >= 4 is 46.6 Å². The van der Waals surface area contributed by atoms with E-state index in [1.54, 1.807) is 11.8 Å². The van der Waals surface area contributed by atoms with Crippen LogP contribution in [-0.4, -0.2) is 23.3 Å². The lowest BCUT2D eigenvalue weighted by Crippen LogP contribution is -1.83. The Balaban J connectivity index is 0.000000289. The van der Waals surface area contributed by atoms with Crippen LogP contribution in [0.4, 0.5) is 0 Å². The summed E-state index contributed by atoms with van der Waals surface area (Å²) in [4.78, 5) is 0. The Morgan fingerprint density at radius 1 is 0.619 bits per heavy atom. The van der Waals surface area contributed by atoms with Crippen LogP contribution in [0.3, 0.4) is 0 Å². The molecule has 0 fully saturated rings. The van der Waals surface area contributed by atoms with E-state index in [-0.39, 0.29) is 0 Å². The predicted octanol–water partition coefficient (Wildman–Crippen LogP) is 6.31. The van der Waals surface area contributed by atoms with E-state index in [9.17, 15) is 0 Å². The maximum atomic E-state index is 5.53. The van der Waals surface area contributed by atoms with Crippen molar-refractivity contribution in [3.8, 4) is 0 Å². The highest BCUT2D eigenvalue weighted by Gasteiger charge is 1.82. The van der Waals surface area contributed by atoms with Crippen LogP contribution in [0.25, 0.3) is 0 Å². The Bertz CT molecular complexity index is 365. The third-order valence-electron chi connectivity index (χ3n) is 2.11. The van der Waals surface area contributed by atoms with Gasteiger partial charge < -0.3 is 0 Å². The molecular formula is C17H21Cl3S. The fourth-order valence-corrected chi connectivity index (χ4v) is 2.42. The van der Waals surface area contributed by atoms with Crippen LogP contribution in [0.15, 0.2) is 66.7 Å². The fraction of sp³-hybridized carbons (Fsp3) is 0.294. The molecule has 0 amide bonds. The minimum Gasteiger partial charge on any atom is -0.160 e.